The van der Waals surface area contributed by atoms with Crippen molar-refractivity contribution in [2.75, 3.05) is 19.8 Å². The number of ether oxygens (including phenoxy) is 2. The first-order valence-corrected chi connectivity index (χ1v) is 5.69. The van der Waals surface area contributed by atoms with Gasteiger partial charge in [0.2, 0.25) is 0 Å². The number of hydrogen-bond donors (Lipinski definition) is 1. The van der Waals surface area contributed by atoms with Crippen LogP contribution >= 0.6 is 0 Å². The molecule has 0 radical (unpaired) electrons. The van der Waals surface area contributed by atoms with Crippen LogP contribution in [0, 0.1) is 0 Å². The van der Waals surface area contributed by atoms with Gasteiger partial charge in [0.15, 0.2) is 0 Å². The molecular weight excluding hydrogens is 178 g/mol. The van der Waals surface area contributed by atoms with Gasteiger partial charge in [0.25, 0.3) is 0 Å². The van der Waals surface area contributed by atoms with Gasteiger partial charge in [-0.2, -0.15) is 0 Å². The van der Waals surface area contributed by atoms with Crippen LogP contribution in [-0.2, 0) is 9.47 Å². The fourth-order valence-corrected chi connectivity index (χ4v) is 2.28. The van der Waals surface area contributed by atoms with E-state index in [1.54, 1.807) is 0 Å². The van der Waals surface area contributed by atoms with Gasteiger partial charge in [0.05, 0.1) is 18.3 Å². The molecule has 2 atom stereocenters. The average Bonchev–Trinajstić information content (AvgIpc) is 2.74. The molecule has 1 spiro atoms. The van der Waals surface area contributed by atoms with Crippen LogP contribution in [0.15, 0.2) is 0 Å². The molecule has 0 saturated carbocycles. The molecule has 0 bridgehead atoms. The van der Waals surface area contributed by atoms with E-state index in [1.165, 1.54) is 12.8 Å². The largest absolute Gasteiger partial charge is 0.378 e. The molecule has 0 aliphatic carbocycles. The number of rotatable bonds is 3. The van der Waals surface area contributed by atoms with Gasteiger partial charge in [-0.1, -0.05) is 13.8 Å². The highest BCUT2D eigenvalue weighted by Gasteiger charge is 2.42. The van der Waals surface area contributed by atoms with Crippen molar-refractivity contribution in [2.45, 2.75) is 50.9 Å². The fourth-order valence-electron chi connectivity index (χ4n) is 2.28. The number of hydrogen-bond acceptors (Lipinski definition) is 3. The first-order chi connectivity index (χ1) is 6.70. The van der Waals surface area contributed by atoms with Crippen molar-refractivity contribution in [1.29, 1.82) is 0 Å². The van der Waals surface area contributed by atoms with Crippen LogP contribution in [0.4, 0.5) is 0 Å². The summed E-state index contributed by atoms with van der Waals surface area (Å²) in [5.74, 6) is 0. The summed E-state index contributed by atoms with van der Waals surface area (Å²) in [5, 5.41) is 3.43. The Morgan fingerprint density at radius 1 is 1.43 bits per heavy atom. The van der Waals surface area contributed by atoms with Crippen molar-refractivity contribution >= 4 is 0 Å². The van der Waals surface area contributed by atoms with Gasteiger partial charge < -0.3 is 14.8 Å². The molecule has 14 heavy (non-hydrogen) atoms. The van der Waals surface area contributed by atoms with E-state index in [-0.39, 0.29) is 5.60 Å². The Bertz CT molecular complexity index is 188. The quantitative estimate of drug-likeness (QED) is 0.743. The second kappa shape index (κ2) is 4.17. The third-order valence-electron chi connectivity index (χ3n) is 3.16. The zero-order valence-electron chi connectivity index (χ0n) is 9.21. The summed E-state index contributed by atoms with van der Waals surface area (Å²) in [5.41, 5.74) is 0.0866. The Hall–Kier alpha value is -0.120. The van der Waals surface area contributed by atoms with E-state index in [2.05, 4.69) is 19.2 Å². The Morgan fingerprint density at radius 2 is 2.29 bits per heavy atom. The lowest BCUT2D eigenvalue weighted by molar-refractivity contribution is -0.0437. The van der Waals surface area contributed by atoms with Crippen molar-refractivity contribution in [3.63, 3.8) is 0 Å². The summed E-state index contributed by atoms with van der Waals surface area (Å²) in [6, 6.07) is 0.551. The monoisotopic (exact) mass is 199 g/mol. The predicted molar refractivity (Wildman–Crippen MR) is 55.4 cm³/mol. The maximum atomic E-state index is 6.07. The molecular formula is C11H21NO2. The van der Waals surface area contributed by atoms with Crippen LogP contribution in [0.5, 0.6) is 0 Å². The summed E-state index contributed by atoms with van der Waals surface area (Å²) in [6.07, 6.45) is 3.85. The molecule has 2 heterocycles. The predicted octanol–water partition coefficient (Wildman–Crippen LogP) is 1.32. The second-order valence-electron chi connectivity index (χ2n) is 4.83. The molecule has 3 heteroatoms. The first kappa shape index (κ1) is 10.4. The maximum Gasteiger partial charge on any atom is 0.0942 e. The van der Waals surface area contributed by atoms with E-state index >= 15 is 0 Å². The molecule has 0 amide bonds. The minimum atomic E-state index is 0.0866. The summed E-state index contributed by atoms with van der Waals surface area (Å²) < 4.78 is 11.5. The van der Waals surface area contributed by atoms with Crippen molar-refractivity contribution in [3.05, 3.63) is 0 Å². The van der Waals surface area contributed by atoms with Gasteiger partial charge in [0.1, 0.15) is 0 Å². The van der Waals surface area contributed by atoms with Gasteiger partial charge in [-0.15, -0.1) is 0 Å². The lowest BCUT2D eigenvalue weighted by Crippen LogP contribution is -2.35. The summed E-state index contributed by atoms with van der Waals surface area (Å²) in [4.78, 5) is 0. The molecule has 1 N–H and O–H groups in total. The van der Waals surface area contributed by atoms with Crippen molar-refractivity contribution < 1.29 is 9.47 Å². The molecule has 0 aromatic heterocycles. The van der Waals surface area contributed by atoms with E-state index in [4.69, 9.17) is 9.47 Å². The molecule has 2 fully saturated rings. The lowest BCUT2D eigenvalue weighted by Gasteiger charge is -2.22. The van der Waals surface area contributed by atoms with Crippen LogP contribution in [0.1, 0.15) is 33.1 Å². The molecule has 2 aliphatic rings. The summed E-state index contributed by atoms with van der Waals surface area (Å²) in [7, 11) is 0. The molecule has 0 aromatic carbocycles. The number of nitrogens with one attached hydrogen (secondary N) is 1. The van der Waals surface area contributed by atoms with Crippen LogP contribution in [0.3, 0.4) is 0 Å². The highest BCUT2D eigenvalue weighted by atomic mass is 16.6. The van der Waals surface area contributed by atoms with E-state index < -0.39 is 0 Å². The third kappa shape index (κ3) is 2.27. The smallest absolute Gasteiger partial charge is 0.0942 e. The zero-order chi connectivity index (χ0) is 10.0. The summed E-state index contributed by atoms with van der Waals surface area (Å²) in [6.45, 7) is 7.02. The van der Waals surface area contributed by atoms with Crippen LogP contribution < -0.4 is 5.32 Å². The van der Waals surface area contributed by atoms with E-state index in [9.17, 15) is 0 Å². The standard InChI is InChI=1S/C11H21NO2/c1-9(2)12-7-10-3-4-11(14-10)5-6-13-8-11/h9-10,12H,3-8H2,1-2H3. The SMILES string of the molecule is CC(C)NCC1CCC2(CCOC2)O1. The average molecular weight is 199 g/mol. The van der Waals surface area contributed by atoms with Gasteiger partial charge in [0, 0.05) is 25.6 Å². The van der Waals surface area contributed by atoms with Crippen LogP contribution in [0.2, 0.25) is 0 Å². The minimum Gasteiger partial charge on any atom is -0.378 e. The van der Waals surface area contributed by atoms with Crippen molar-refractivity contribution in [2.24, 2.45) is 0 Å². The topological polar surface area (TPSA) is 30.5 Å². The Labute approximate surface area is 86.2 Å². The first-order valence-electron chi connectivity index (χ1n) is 5.69. The Kier molecular flexibility index (Phi) is 3.10. The zero-order valence-corrected chi connectivity index (χ0v) is 9.21. The second-order valence-corrected chi connectivity index (χ2v) is 4.83. The van der Waals surface area contributed by atoms with E-state index in [0.717, 1.165) is 26.2 Å². The van der Waals surface area contributed by atoms with E-state index in [0.29, 0.717) is 12.1 Å². The molecule has 3 nitrogen and oxygen atoms in total. The highest BCUT2D eigenvalue weighted by Crippen LogP contribution is 2.36. The Balaban J connectivity index is 1.76. The molecule has 82 valence electrons. The molecule has 2 aliphatic heterocycles. The fraction of sp³-hybridized carbons (Fsp3) is 1.00. The normalized spacial score (nSPS) is 37.5. The van der Waals surface area contributed by atoms with Gasteiger partial charge >= 0.3 is 0 Å². The third-order valence-corrected chi connectivity index (χ3v) is 3.16. The van der Waals surface area contributed by atoms with Crippen molar-refractivity contribution in [1.82, 2.24) is 5.32 Å². The van der Waals surface area contributed by atoms with Gasteiger partial charge in [-0.25, -0.2) is 0 Å². The highest BCUT2D eigenvalue weighted by molar-refractivity contribution is 4.92. The maximum absolute atomic E-state index is 6.07. The van der Waals surface area contributed by atoms with Crippen LogP contribution in [0.25, 0.3) is 0 Å². The molecule has 2 rings (SSSR count). The lowest BCUT2D eigenvalue weighted by atomic mass is 9.99. The minimum absolute atomic E-state index is 0.0866. The molecule has 2 saturated heterocycles. The Morgan fingerprint density at radius 3 is 2.93 bits per heavy atom. The van der Waals surface area contributed by atoms with Gasteiger partial charge in [-0.3, -0.25) is 0 Å². The molecule has 0 aromatic rings. The van der Waals surface area contributed by atoms with Crippen molar-refractivity contribution in [3.8, 4) is 0 Å². The van der Waals surface area contributed by atoms with E-state index in [1.807, 2.05) is 0 Å². The molecule has 2 unspecified atom stereocenters. The van der Waals surface area contributed by atoms with Crippen LogP contribution in [-0.4, -0.2) is 37.5 Å². The van der Waals surface area contributed by atoms with Gasteiger partial charge in [-0.05, 0) is 12.8 Å². The summed E-state index contributed by atoms with van der Waals surface area (Å²) >= 11 is 0.